The van der Waals surface area contributed by atoms with Gasteiger partial charge in [-0.1, -0.05) is 27.2 Å². The summed E-state index contributed by atoms with van der Waals surface area (Å²) in [5, 5.41) is 0. The van der Waals surface area contributed by atoms with Gasteiger partial charge in [0.1, 0.15) is 5.82 Å². The van der Waals surface area contributed by atoms with E-state index in [-0.39, 0.29) is 22.9 Å². The number of Topliss-reactive ketones (excluding diaryl/α,β-unsaturated/α-hetero) is 1. The van der Waals surface area contributed by atoms with E-state index in [1.54, 1.807) is 12.1 Å². The zero-order valence-electron chi connectivity index (χ0n) is 18.4. The molecular formula is C27H37FO. The molecule has 1 aromatic rings. The molecule has 8 atom stereocenters. The van der Waals surface area contributed by atoms with Crippen molar-refractivity contribution in [2.45, 2.75) is 78.6 Å². The number of hydrogen-bond acceptors (Lipinski definition) is 1. The fraction of sp³-hybridized carbons (Fsp3) is 0.741. The first-order chi connectivity index (χ1) is 13.8. The summed E-state index contributed by atoms with van der Waals surface area (Å²) in [5.74, 6) is 4.34. The molecule has 0 bridgehead atoms. The molecule has 0 saturated heterocycles. The molecule has 0 N–H and O–H groups in total. The Morgan fingerprint density at radius 2 is 1.59 bits per heavy atom. The first-order valence-electron chi connectivity index (χ1n) is 12.1. The minimum absolute atomic E-state index is 0.121. The highest BCUT2D eigenvalue weighted by Gasteiger charge is 2.61. The van der Waals surface area contributed by atoms with Crippen LogP contribution in [-0.4, -0.2) is 5.78 Å². The quantitative estimate of drug-likeness (QED) is 0.479. The third kappa shape index (κ3) is 2.95. The van der Waals surface area contributed by atoms with E-state index in [0.29, 0.717) is 16.9 Å². The smallest absolute Gasteiger partial charge is 0.166 e. The average Bonchev–Trinajstić information content (AvgIpc) is 3.06. The van der Waals surface area contributed by atoms with Crippen LogP contribution >= 0.6 is 0 Å². The van der Waals surface area contributed by atoms with Crippen LogP contribution in [0.3, 0.4) is 0 Å². The summed E-state index contributed by atoms with van der Waals surface area (Å²) in [4.78, 5) is 13.4. The number of halogens is 1. The standard InChI is InChI=1S/C27H37FO/c1-17-12-14-26(2)19(16-17)6-9-21-22-10-11-24(27(22,3)15-13-23(21)26)25(29)18-4-7-20(28)8-5-18/h4-5,7-8,17,19,21-24H,6,9-16H2,1-3H3. The van der Waals surface area contributed by atoms with E-state index in [2.05, 4.69) is 20.8 Å². The molecule has 4 aliphatic rings. The summed E-state index contributed by atoms with van der Waals surface area (Å²) in [6.07, 6.45) is 11.8. The molecule has 158 valence electrons. The number of fused-ring (bicyclic) bond motifs is 5. The summed E-state index contributed by atoms with van der Waals surface area (Å²) in [6, 6.07) is 6.25. The van der Waals surface area contributed by atoms with Crippen molar-refractivity contribution >= 4 is 5.78 Å². The highest BCUT2D eigenvalue weighted by molar-refractivity contribution is 5.98. The summed E-state index contributed by atoms with van der Waals surface area (Å²) in [6.45, 7) is 7.50. The number of carbonyl (C=O) groups excluding carboxylic acids is 1. The predicted molar refractivity (Wildman–Crippen MR) is 115 cm³/mol. The molecule has 0 aliphatic heterocycles. The Bertz CT molecular complexity index is 784. The molecule has 0 aromatic heterocycles. The second-order valence-electron chi connectivity index (χ2n) is 11.6. The highest BCUT2D eigenvalue weighted by Crippen LogP contribution is 2.68. The van der Waals surface area contributed by atoms with E-state index >= 15 is 0 Å². The maximum Gasteiger partial charge on any atom is 0.166 e. The molecule has 0 heterocycles. The molecule has 4 aliphatic carbocycles. The number of rotatable bonds is 2. The van der Waals surface area contributed by atoms with Crippen molar-refractivity contribution in [3.8, 4) is 0 Å². The Morgan fingerprint density at radius 3 is 2.34 bits per heavy atom. The lowest BCUT2D eigenvalue weighted by Gasteiger charge is -2.61. The molecular weight excluding hydrogens is 359 g/mol. The van der Waals surface area contributed by atoms with Crippen LogP contribution in [0.4, 0.5) is 4.39 Å². The average molecular weight is 397 g/mol. The van der Waals surface area contributed by atoms with E-state index < -0.39 is 0 Å². The van der Waals surface area contributed by atoms with E-state index in [9.17, 15) is 9.18 Å². The summed E-state index contributed by atoms with van der Waals surface area (Å²) in [7, 11) is 0. The van der Waals surface area contributed by atoms with Gasteiger partial charge in [-0.25, -0.2) is 4.39 Å². The molecule has 2 heteroatoms. The fourth-order valence-electron chi connectivity index (χ4n) is 8.72. The lowest BCUT2D eigenvalue weighted by atomic mass is 9.44. The van der Waals surface area contributed by atoms with Gasteiger partial charge >= 0.3 is 0 Å². The first kappa shape index (κ1) is 19.8. The molecule has 1 nitrogen and oxygen atoms in total. The van der Waals surface area contributed by atoms with Crippen molar-refractivity contribution in [2.24, 2.45) is 46.3 Å². The van der Waals surface area contributed by atoms with Gasteiger partial charge in [0.05, 0.1) is 0 Å². The van der Waals surface area contributed by atoms with Crippen LogP contribution in [0.15, 0.2) is 24.3 Å². The van der Waals surface area contributed by atoms with Gasteiger partial charge in [-0.2, -0.15) is 0 Å². The highest BCUT2D eigenvalue weighted by atomic mass is 19.1. The van der Waals surface area contributed by atoms with Crippen molar-refractivity contribution in [1.82, 2.24) is 0 Å². The largest absolute Gasteiger partial charge is 0.294 e. The molecule has 4 saturated carbocycles. The van der Waals surface area contributed by atoms with Crippen molar-refractivity contribution in [3.63, 3.8) is 0 Å². The van der Waals surface area contributed by atoms with E-state index in [1.807, 2.05) is 0 Å². The Hall–Kier alpha value is -1.18. The van der Waals surface area contributed by atoms with Crippen LogP contribution in [0, 0.1) is 52.2 Å². The number of ketones is 1. The topological polar surface area (TPSA) is 17.1 Å². The first-order valence-corrected chi connectivity index (χ1v) is 12.1. The van der Waals surface area contributed by atoms with Gasteiger partial charge in [0.15, 0.2) is 5.78 Å². The number of hydrogen-bond donors (Lipinski definition) is 0. The molecule has 4 fully saturated rings. The number of carbonyl (C=O) groups is 1. The minimum atomic E-state index is -0.260. The number of benzene rings is 1. The SMILES string of the molecule is CC1CCC2(C)C(CCC3C2CCC2(C)C(C(=O)c4ccc(F)cc4)CCC32)C1. The fourth-order valence-corrected chi connectivity index (χ4v) is 8.72. The molecule has 8 unspecified atom stereocenters. The van der Waals surface area contributed by atoms with E-state index in [1.165, 1.54) is 63.5 Å². The Morgan fingerprint density at radius 1 is 0.897 bits per heavy atom. The van der Waals surface area contributed by atoms with Crippen LogP contribution < -0.4 is 0 Å². The lowest BCUT2D eigenvalue weighted by Crippen LogP contribution is -2.53. The van der Waals surface area contributed by atoms with Gasteiger partial charge in [0.2, 0.25) is 0 Å². The Balaban J connectivity index is 1.40. The molecule has 5 rings (SSSR count). The summed E-state index contributed by atoms with van der Waals surface area (Å²) >= 11 is 0. The van der Waals surface area contributed by atoms with Gasteiger partial charge in [0, 0.05) is 11.5 Å². The molecule has 0 radical (unpaired) electrons. The summed E-state index contributed by atoms with van der Waals surface area (Å²) < 4.78 is 13.3. The van der Waals surface area contributed by atoms with Gasteiger partial charge in [0.25, 0.3) is 0 Å². The second kappa shape index (κ2) is 6.92. The van der Waals surface area contributed by atoms with Crippen molar-refractivity contribution in [1.29, 1.82) is 0 Å². The zero-order chi connectivity index (χ0) is 20.4. The van der Waals surface area contributed by atoms with Crippen LogP contribution in [0.5, 0.6) is 0 Å². The van der Waals surface area contributed by atoms with E-state index in [4.69, 9.17) is 0 Å². The van der Waals surface area contributed by atoms with Crippen molar-refractivity contribution in [3.05, 3.63) is 35.6 Å². The second-order valence-corrected chi connectivity index (χ2v) is 11.6. The lowest BCUT2D eigenvalue weighted by molar-refractivity contribution is -0.114. The van der Waals surface area contributed by atoms with Gasteiger partial charge in [-0.3, -0.25) is 4.79 Å². The van der Waals surface area contributed by atoms with Crippen molar-refractivity contribution in [2.75, 3.05) is 0 Å². The van der Waals surface area contributed by atoms with Crippen LogP contribution in [0.25, 0.3) is 0 Å². The maximum absolute atomic E-state index is 13.4. The maximum atomic E-state index is 13.4. The molecule has 29 heavy (non-hydrogen) atoms. The van der Waals surface area contributed by atoms with Gasteiger partial charge < -0.3 is 0 Å². The predicted octanol–water partition coefficient (Wildman–Crippen LogP) is 7.30. The molecule has 1 aromatic carbocycles. The Labute approximate surface area is 175 Å². The van der Waals surface area contributed by atoms with Crippen molar-refractivity contribution < 1.29 is 9.18 Å². The van der Waals surface area contributed by atoms with Crippen LogP contribution in [0.1, 0.15) is 88.9 Å². The third-order valence-electron chi connectivity index (χ3n) is 10.4. The van der Waals surface area contributed by atoms with Crippen LogP contribution in [0.2, 0.25) is 0 Å². The Kier molecular flexibility index (Phi) is 4.72. The monoisotopic (exact) mass is 396 g/mol. The molecule has 0 amide bonds. The zero-order valence-corrected chi connectivity index (χ0v) is 18.4. The van der Waals surface area contributed by atoms with Crippen LogP contribution in [-0.2, 0) is 0 Å². The minimum Gasteiger partial charge on any atom is -0.294 e. The van der Waals surface area contributed by atoms with Gasteiger partial charge in [-0.15, -0.1) is 0 Å². The summed E-state index contributed by atoms with van der Waals surface area (Å²) in [5.41, 5.74) is 1.38. The third-order valence-corrected chi connectivity index (χ3v) is 10.4. The normalized spacial score (nSPS) is 46.5. The van der Waals surface area contributed by atoms with E-state index in [0.717, 1.165) is 30.1 Å². The van der Waals surface area contributed by atoms with Gasteiger partial charge in [-0.05, 0) is 116 Å². The molecule has 0 spiro atoms.